The van der Waals surface area contributed by atoms with E-state index in [-0.39, 0.29) is 31.7 Å². The molecule has 0 radical (unpaired) electrons. The quantitative estimate of drug-likeness (QED) is 0.679. The number of ketones is 1. The van der Waals surface area contributed by atoms with Crippen LogP contribution >= 0.6 is 0 Å². The molecular weight excluding hydrogens is 368 g/mol. The van der Waals surface area contributed by atoms with E-state index in [9.17, 15) is 22.4 Å². The fraction of sp³-hybridized carbons (Fsp3) is 0.947. The third kappa shape index (κ3) is 4.65. The summed E-state index contributed by atoms with van der Waals surface area (Å²) in [6, 6.07) is 0. The van der Waals surface area contributed by atoms with Crippen LogP contribution in [0.2, 0.25) is 0 Å². The summed E-state index contributed by atoms with van der Waals surface area (Å²) in [5, 5.41) is 0. The minimum absolute atomic E-state index is 0.0166. The second-order valence-electron chi connectivity index (χ2n) is 8.37. The normalized spacial score (nSPS) is 44.1. The van der Waals surface area contributed by atoms with Gasteiger partial charge in [-0.3, -0.25) is 4.79 Å². The summed E-state index contributed by atoms with van der Waals surface area (Å²) in [4.78, 5) is 12.7. The smallest absolute Gasteiger partial charge is 0.370 e. The Hall–Kier alpha value is -0.730. The van der Waals surface area contributed by atoms with Gasteiger partial charge in [0.25, 0.3) is 0 Å². The average molecular weight is 396 g/mol. The number of Topliss-reactive ketones (excluding diaryl/α,β-unsaturated/α-hetero) is 1. The number of hydrogen-bond acceptors (Lipinski definition) is 4. The van der Waals surface area contributed by atoms with E-state index in [4.69, 9.17) is 14.2 Å². The van der Waals surface area contributed by atoms with E-state index in [0.29, 0.717) is 32.0 Å². The summed E-state index contributed by atoms with van der Waals surface area (Å²) in [5.41, 5.74) is 0. The lowest BCUT2D eigenvalue weighted by Gasteiger charge is -2.40. The standard InChI is InChI=1S/C19H28F4O4/c1-10-7-26-18(27-8-10)12-4-6-14(25-9-12)17(24)13-5-3-11(2)15(16(13)20)19(21,22)23/h10-16,18H,3-9H2,1-2H3. The molecule has 0 aromatic heterocycles. The first-order valence-corrected chi connectivity index (χ1v) is 9.77. The van der Waals surface area contributed by atoms with Crippen LogP contribution in [0.1, 0.15) is 39.5 Å². The van der Waals surface area contributed by atoms with Crippen molar-refractivity contribution in [1.29, 1.82) is 0 Å². The van der Waals surface area contributed by atoms with Gasteiger partial charge in [0.2, 0.25) is 0 Å². The molecule has 1 aliphatic carbocycles. The molecule has 0 N–H and O–H groups in total. The number of rotatable bonds is 3. The van der Waals surface area contributed by atoms with Crippen LogP contribution in [0.5, 0.6) is 0 Å². The second-order valence-corrected chi connectivity index (χ2v) is 8.37. The Bertz CT molecular complexity index is 510. The number of carbonyl (C=O) groups excluding carboxylic acids is 1. The molecule has 3 aliphatic rings. The van der Waals surface area contributed by atoms with Crippen molar-refractivity contribution >= 4 is 5.78 Å². The van der Waals surface area contributed by atoms with E-state index in [2.05, 4.69) is 0 Å². The summed E-state index contributed by atoms with van der Waals surface area (Å²) in [5.74, 6) is -4.35. The first-order valence-electron chi connectivity index (χ1n) is 9.77. The molecule has 0 aromatic rings. The van der Waals surface area contributed by atoms with Gasteiger partial charge in [-0.1, -0.05) is 13.8 Å². The van der Waals surface area contributed by atoms with Crippen molar-refractivity contribution in [3.8, 4) is 0 Å². The maximum absolute atomic E-state index is 14.6. The van der Waals surface area contributed by atoms with Gasteiger partial charge in [0.1, 0.15) is 12.3 Å². The monoisotopic (exact) mass is 396 g/mol. The zero-order valence-electron chi connectivity index (χ0n) is 15.7. The topological polar surface area (TPSA) is 44.8 Å². The van der Waals surface area contributed by atoms with Gasteiger partial charge in [0, 0.05) is 11.8 Å². The van der Waals surface area contributed by atoms with Crippen molar-refractivity contribution in [2.45, 2.75) is 64.3 Å². The van der Waals surface area contributed by atoms with Crippen LogP contribution in [0, 0.1) is 29.6 Å². The Kier molecular flexibility index (Phi) is 6.48. The van der Waals surface area contributed by atoms with Gasteiger partial charge in [-0.25, -0.2) is 4.39 Å². The van der Waals surface area contributed by atoms with Crippen molar-refractivity contribution in [1.82, 2.24) is 0 Å². The number of ether oxygens (including phenoxy) is 3. The van der Waals surface area contributed by atoms with Crippen LogP contribution in [-0.2, 0) is 19.0 Å². The van der Waals surface area contributed by atoms with Crippen molar-refractivity contribution in [2.75, 3.05) is 19.8 Å². The molecule has 0 aromatic carbocycles. The molecule has 0 spiro atoms. The van der Waals surface area contributed by atoms with Crippen molar-refractivity contribution < 1.29 is 36.6 Å². The lowest BCUT2D eigenvalue weighted by Crippen LogP contribution is -2.50. The predicted octanol–water partition coefficient (Wildman–Crippen LogP) is 3.92. The molecule has 1 saturated carbocycles. The molecule has 3 rings (SSSR count). The summed E-state index contributed by atoms with van der Waals surface area (Å²) in [7, 11) is 0. The first kappa shape index (κ1) is 21.0. The van der Waals surface area contributed by atoms with E-state index >= 15 is 0 Å². The number of carbonyl (C=O) groups is 1. The molecular formula is C19H28F4O4. The third-order valence-corrected chi connectivity index (χ3v) is 6.12. The molecule has 2 heterocycles. The van der Waals surface area contributed by atoms with Crippen LogP contribution < -0.4 is 0 Å². The van der Waals surface area contributed by atoms with Gasteiger partial charge in [-0.05, 0) is 31.6 Å². The van der Waals surface area contributed by atoms with Gasteiger partial charge >= 0.3 is 6.18 Å². The van der Waals surface area contributed by atoms with E-state index in [1.807, 2.05) is 6.92 Å². The molecule has 27 heavy (non-hydrogen) atoms. The van der Waals surface area contributed by atoms with Crippen LogP contribution in [0.25, 0.3) is 0 Å². The van der Waals surface area contributed by atoms with Crippen molar-refractivity contribution in [2.24, 2.45) is 29.6 Å². The van der Waals surface area contributed by atoms with Gasteiger partial charge in [-0.15, -0.1) is 0 Å². The Morgan fingerprint density at radius 2 is 1.59 bits per heavy atom. The molecule has 8 heteroatoms. The molecule has 6 atom stereocenters. The minimum atomic E-state index is -4.64. The zero-order valence-corrected chi connectivity index (χ0v) is 15.7. The lowest BCUT2D eigenvalue weighted by atomic mass is 9.70. The maximum atomic E-state index is 14.6. The van der Waals surface area contributed by atoms with E-state index in [1.165, 1.54) is 6.92 Å². The lowest BCUT2D eigenvalue weighted by molar-refractivity contribution is -0.239. The molecule has 3 fully saturated rings. The molecule has 2 aliphatic heterocycles. The summed E-state index contributed by atoms with van der Waals surface area (Å²) in [6.07, 6.45) is -6.75. The predicted molar refractivity (Wildman–Crippen MR) is 88.7 cm³/mol. The van der Waals surface area contributed by atoms with Crippen molar-refractivity contribution in [3.63, 3.8) is 0 Å². The largest absolute Gasteiger partial charge is 0.394 e. The Balaban J connectivity index is 1.56. The summed E-state index contributed by atoms with van der Waals surface area (Å²) < 4.78 is 71.1. The van der Waals surface area contributed by atoms with E-state index in [1.54, 1.807) is 0 Å². The average Bonchev–Trinajstić information content (AvgIpc) is 2.61. The van der Waals surface area contributed by atoms with Crippen LogP contribution in [0.3, 0.4) is 0 Å². The fourth-order valence-corrected chi connectivity index (χ4v) is 4.48. The molecule has 4 nitrogen and oxygen atoms in total. The Morgan fingerprint density at radius 3 is 2.15 bits per heavy atom. The fourth-order valence-electron chi connectivity index (χ4n) is 4.48. The SMILES string of the molecule is CC1COC(C2CCC(C(=O)C3CCC(C)C(C(F)(F)F)C3F)OC2)OC1. The van der Waals surface area contributed by atoms with E-state index < -0.39 is 42.0 Å². The highest BCUT2D eigenvalue weighted by Gasteiger charge is 2.55. The molecule has 2 saturated heterocycles. The Labute approximate surface area is 156 Å². The van der Waals surface area contributed by atoms with Gasteiger partial charge in [0.05, 0.1) is 31.7 Å². The molecule has 156 valence electrons. The van der Waals surface area contributed by atoms with Crippen LogP contribution in [0.4, 0.5) is 17.6 Å². The highest BCUT2D eigenvalue weighted by molar-refractivity contribution is 5.86. The zero-order chi connectivity index (χ0) is 19.8. The maximum Gasteiger partial charge on any atom is 0.394 e. The number of halogens is 4. The number of alkyl halides is 4. The van der Waals surface area contributed by atoms with Gasteiger partial charge in [-0.2, -0.15) is 13.2 Å². The molecule has 0 bridgehead atoms. The summed E-state index contributed by atoms with van der Waals surface area (Å²) >= 11 is 0. The summed E-state index contributed by atoms with van der Waals surface area (Å²) in [6.45, 7) is 4.86. The van der Waals surface area contributed by atoms with Gasteiger partial charge in [0.15, 0.2) is 12.1 Å². The van der Waals surface area contributed by atoms with E-state index in [0.717, 1.165) is 0 Å². The Morgan fingerprint density at radius 1 is 0.926 bits per heavy atom. The molecule has 0 amide bonds. The van der Waals surface area contributed by atoms with Gasteiger partial charge < -0.3 is 14.2 Å². The highest BCUT2D eigenvalue weighted by atomic mass is 19.4. The van der Waals surface area contributed by atoms with Crippen LogP contribution in [-0.4, -0.2) is 50.3 Å². The van der Waals surface area contributed by atoms with Crippen molar-refractivity contribution in [3.05, 3.63) is 0 Å². The molecule has 6 unspecified atom stereocenters. The van der Waals surface area contributed by atoms with Crippen LogP contribution in [0.15, 0.2) is 0 Å². The second kappa shape index (κ2) is 8.33. The number of hydrogen-bond donors (Lipinski definition) is 0. The highest BCUT2D eigenvalue weighted by Crippen LogP contribution is 2.46. The minimum Gasteiger partial charge on any atom is -0.370 e. The third-order valence-electron chi connectivity index (χ3n) is 6.12. The first-order chi connectivity index (χ1) is 12.7.